The maximum Gasteiger partial charge on any atom is 0.491 e. The highest BCUT2D eigenvalue weighted by atomic mass is 35.5. The second-order valence-electron chi connectivity index (χ2n) is 39.7. The number of rotatable bonds is 14. The number of likely N-dealkylation sites (tertiary alicyclic amines) is 1. The van der Waals surface area contributed by atoms with E-state index < -0.39 is 85.6 Å². The number of fused-ring (bicyclic) bond motifs is 2. The number of halogens is 9. The SMILES string of the molecule is C=CC(=O)Cl.C=CC(=O)N1C[C@H](C)N(C(=O)OC(C)(C)C)C[C@H]1C.C=CC(=O)N1C[C@H](C)N(c2nc(=O)n(-c3c(C4CC4)ncnc3C3CC3)c3nc(Cl)c(F)cc23)C[C@H]1C.C=CC(=O)N1C[C@H](C)NC[C@H]1C.C=CC(=O)N1C[C@H](C)NC[C@H]1C.C[C@H]1CC[C@H](C)N(C(=O)OC(C)(C)C)C1.O=C(O)c1cc(F)c(Cl)nc1Cl.O=c1[nH]c(=O)n(-c2c(C3CC3)ncnc2C2CC2)c2nc(Cl)c(F)cc12.OB(O)c1ccccc1F. The van der Waals surface area contributed by atoms with Crippen molar-refractivity contribution in [2.24, 2.45) is 5.92 Å². The van der Waals surface area contributed by atoms with Crippen molar-refractivity contribution >= 4 is 145 Å². The van der Waals surface area contributed by atoms with E-state index in [0.717, 1.165) is 131 Å². The van der Waals surface area contributed by atoms with Crippen molar-refractivity contribution in [1.82, 2.24) is 94.0 Å². The molecule has 36 nitrogen and oxygen atoms in total. The zero-order chi connectivity index (χ0) is 110. The Morgan fingerprint density at radius 2 is 0.818 bits per heavy atom. The minimum Gasteiger partial charge on any atom is -0.478 e. The minimum absolute atomic E-state index is 0.0174. The molecule has 12 heterocycles. The number of aromatic nitrogens is 11. The number of anilines is 1. The first-order valence-electron chi connectivity index (χ1n) is 48.7. The normalized spacial score (nSPS) is 20.9. The predicted molar refractivity (Wildman–Crippen MR) is 561 cm³/mol. The number of piperazine rings is 4. The summed E-state index contributed by atoms with van der Waals surface area (Å²) in [5.74, 6) is -2.65. The van der Waals surface area contributed by atoms with Gasteiger partial charge in [-0.1, -0.05) is 104 Å². The summed E-state index contributed by atoms with van der Waals surface area (Å²) in [6.07, 6.45) is 19.2. The summed E-state index contributed by atoms with van der Waals surface area (Å²) in [5.41, 5.74) is 1.24. The fourth-order valence-electron chi connectivity index (χ4n) is 16.7. The lowest BCUT2D eigenvalue weighted by Crippen LogP contribution is -2.59. The zero-order valence-electron chi connectivity index (χ0n) is 85.9. The van der Waals surface area contributed by atoms with Gasteiger partial charge in [0.1, 0.15) is 40.6 Å². The highest BCUT2D eigenvalue weighted by Gasteiger charge is 2.43. The topological polar surface area (TPSA) is 442 Å². The van der Waals surface area contributed by atoms with Crippen LogP contribution in [0.15, 0.2) is 133 Å². The number of pyridine rings is 3. The van der Waals surface area contributed by atoms with Gasteiger partial charge in [0.25, 0.3) is 5.56 Å². The molecule has 5 aliphatic heterocycles. The van der Waals surface area contributed by atoms with E-state index in [1.807, 2.05) is 103 Å². The molecule has 6 amide bonds. The van der Waals surface area contributed by atoms with Crippen LogP contribution in [-0.2, 0) is 33.4 Å². The summed E-state index contributed by atoms with van der Waals surface area (Å²) in [4.78, 5) is 178. The number of hydrogen-bond donors (Lipinski definition) is 6. The van der Waals surface area contributed by atoms with Crippen molar-refractivity contribution in [1.29, 1.82) is 0 Å². The smallest absolute Gasteiger partial charge is 0.478 e. The highest BCUT2D eigenvalue weighted by molar-refractivity contribution is 6.66. The molecule has 0 bridgehead atoms. The van der Waals surface area contributed by atoms with Crippen LogP contribution in [0.5, 0.6) is 0 Å². The number of piperidine rings is 1. The molecule has 1 aromatic carbocycles. The first-order valence-corrected chi connectivity index (χ1v) is 50.6. The van der Waals surface area contributed by atoms with Crippen LogP contribution < -0.4 is 37.9 Å². The number of aromatic carboxylic acids is 1. The maximum absolute atomic E-state index is 14.8. The molecule has 7 aromatic heterocycles. The van der Waals surface area contributed by atoms with Crippen LogP contribution in [-0.4, -0.2) is 277 Å². The summed E-state index contributed by atoms with van der Waals surface area (Å²) in [6, 6.07) is 9.75. The number of nitrogens with zero attached hydrogens (tertiary/aromatic N) is 17. The fraction of sp³-hybridized carbons (Fsp3) is 0.500. The Bertz CT molecular complexity index is 6300. The van der Waals surface area contributed by atoms with Gasteiger partial charge >= 0.3 is 36.7 Å². The summed E-state index contributed by atoms with van der Waals surface area (Å²) >= 11 is 27.3. The van der Waals surface area contributed by atoms with Crippen molar-refractivity contribution in [3.8, 4) is 11.4 Å². The van der Waals surface area contributed by atoms with Gasteiger partial charge in [-0.2, -0.15) is 4.98 Å². The molecule has 800 valence electrons. The Morgan fingerprint density at radius 1 is 0.446 bits per heavy atom. The molecule has 46 heteroatoms. The molecule has 0 radical (unpaired) electrons. The molecule has 17 rings (SSSR count). The number of aromatic amines is 1. The van der Waals surface area contributed by atoms with Crippen molar-refractivity contribution in [3.05, 3.63) is 222 Å². The summed E-state index contributed by atoms with van der Waals surface area (Å²) in [5, 5.41) is 30.5. The second kappa shape index (κ2) is 53.0. The number of nitrogens with one attached hydrogen (secondary N) is 3. The Balaban J connectivity index is 0.000000195. The minimum atomic E-state index is -1.72. The lowest BCUT2D eigenvalue weighted by Gasteiger charge is -2.44. The Hall–Kier alpha value is -12.0. The molecule has 4 aliphatic carbocycles. The van der Waals surface area contributed by atoms with Gasteiger partial charge in [0, 0.05) is 142 Å². The van der Waals surface area contributed by atoms with Crippen LogP contribution in [0.25, 0.3) is 33.4 Å². The monoisotopic (exact) mass is 2150 g/mol. The number of carbonyl (C=O) groups excluding carboxylic acids is 7. The molecule has 0 unspecified atom stereocenters. The average molecular weight is 2160 g/mol. The molecular formula is C102H130BCl5F4N20O16. The van der Waals surface area contributed by atoms with Gasteiger partial charge in [0.05, 0.1) is 50.5 Å². The van der Waals surface area contributed by atoms with Crippen LogP contribution in [0.4, 0.5) is 33.0 Å². The van der Waals surface area contributed by atoms with Crippen molar-refractivity contribution in [3.63, 3.8) is 0 Å². The lowest BCUT2D eigenvalue weighted by molar-refractivity contribution is -0.132. The van der Waals surface area contributed by atoms with Gasteiger partial charge in [-0.25, -0.2) is 85.6 Å². The van der Waals surface area contributed by atoms with Crippen LogP contribution in [0.1, 0.15) is 232 Å². The highest BCUT2D eigenvalue weighted by Crippen LogP contribution is 2.49. The summed E-state index contributed by atoms with van der Waals surface area (Å²) in [7, 11) is -1.72. The van der Waals surface area contributed by atoms with E-state index in [4.69, 9.17) is 82.6 Å². The number of amides is 6. The number of carbonyl (C=O) groups is 8. The van der Waals surface area contributed by atoms with Gasteiger partial charge in [0.2, 0.25) is 28.9 Å². The number of allylic oxidation sites excluding steroid dienone is 1. The van der Waals surface area contributed by atoms with Crippen molar-refractivity contribution in [2.45, 2.75) is 264 Å². The molecule has 9 fully saturated rings. The van der Waals surface area contributed by atoms with Crippen LogP contribution in [0.3, 0.4) is 0 Å². The predicted octanol–water partition coefficient (Wildman–Crippen LogP) is 14.6. The summed E-state index contributed by atoms with van der Waals surface area (Å²) in [6.45, 7) is 54.6. The van der Waals surface area contributed by atoms with Crippen molar-refractivity contribution in [2.75, 3.05) is 63.8 Å². The molecule has 4 saturated carbocycles. The van der Waals surface area contributed by atoms with Gasteiger partial charge in [-0.3, -0.25) is 33.8 Å². The van der Waals surface area contributed by atoms with Gasteiger partial charge in [0.15, 0.2) is 44.2 Å². The quantitative estimate of drug-likeness (QED) is 0.0194. The van der Waals surface area contributed by atoms with E-state index in [2.05, 4.69) is 116 Å². The van der Waals surface area contributed by atoms with Gasteiger partial charge in [-0.05, 0) is 240 Å². The van der Waals surface area contributed by atoms with Crippen molar-refractivity contribution < 1.29 is 80.5 Å². The Kier molecular flexibility index (Phi) is 42.8. The van der Waals surface area contributed by atoms with E-state index in [-0.39, 0.29) is 128 Å². The number of ether oxygens (including phenoxy) is 2. The summed E-state index contributed by atoms with van der Waals surface area (Å²) < 4.78 is 67.3. The average Bonchev–Trinajstić information content (AvgIpc) is 1.69. The molecule has 10 atom stereocenters. The second-order valence-corrected chi connectivity index (χ2v) is 41.5. The third-order valence-electron chi connectivity index (χ3n) is 25.1. The molecule has 0 spiro atoms. The molecule has 8 aromatic rings. The Morgan fingerprint density at radius 3 is 1.22 bits per heavy atom. The molecule has 148 heavy (non-hydrogen) atoms. The number of benzene rings is 1. The first-order chi connectivity index (χ1) is 69.6. The van der Waals surface area contributed by atoms with Crippen LogP contribution in [0, 0.1) is 29.2 Å². The fourth-order valence-corrected chi connectivity index (χ4v) is 17.4. The van der Waals surface area contributed by atoms with E-state index >= 15 is 0 Å². The van der Waals surface area contributed by atoms with E-state index in [0.29, 0.717) is 72.8 Å². The largest absolute Gasteiger partial charge is 0.491 e. The molecule has 6 N–H and O–H groups in total. The van der Waals surface area contributed by atoms with E-state index in [1.54, 1.807) is 21.0 Å². The third kappa shape index (κ3) is 32.5. The van der Waals surface area contributed by atoms with Gasteiger partial charge < -0.3 is 69.6 Å². The van der Waals surface area contributed by atoms with Crippen LogP contribution >= 0.6 is 58.0 Å². The van der Waals surface area contributed by atoms with Crippen LogP contribution in [0.2, 0.25) is 20.6 Å². The number of H-pyrrole nitrogens is 1. The molecule has 5 saturated heterocycles. The van der Waals surface area contributed by atoms with E-state index in [9.17, 15) is 70.3 Å². The first kappa shape index (κ1) is 120. The molecule has 9 aliphatic rings. The van der Waals surface area contributed by atoms with E-state index in [1.165, 1.54) is 76.5 Å². The zero-order valence-corrected chi connectivity index (χ0v) is 89.6. The standard InChI is InChI=1S/C26H27ClFN7O2.C17H13ClFN5O2.C14H24N2O3.C12H23NO2.2C9H16N2O.C6H6BFO2.C6H2Cl2FNO2.C3H3ClO/c1-4-19(36)33-10-14(3)34(11-13(33)2)24-17-9-18(28)23(27)31-25(17)35(26(37)32-24)22-20(15-5-6-15)29-12-30-21(22)16-7-8-16;18-14-10(19)5-9-15(22-14)24(17(26)23-16(9)25)13-11(7-1-2-7)20-6-21-12(13)8-3-4-8;1-7-12(17)15-8-11(3)16(9-10(15)2)13(18)19-14(4,5)6;1-9-6-7-10(2)13(8-9)11(14)15-12(3,4)5;2*1-4-9(12)11-6-7(2)10-5-8(11)3;8-6-4-2-1-3-5(6)7(9)10;7-4-2(6(11)12)1-3(9)5(8)10-4;1-2-3(4)5/h4,9,12-16H,1,5-8,10-11H2,2-3H3;5-8H,1-4H2,(H,23,25,26);7,10-11H,1,8-9H2,2-6H3;9-10H,6-8H2,1-5H3;2*4,7-8,10H,1,5-6H2,2-3H3;1-4,9-10H;1H,(H,11,12);2H,1H2/t13-,14+;;10-,11+;9-,10-;2*7-,8+;;;/m1.1000.../s1. The Labute approximate surface area is 882 Å². The van der Waals surface area contributed by atoms with Gasteiger partial charge in [-0.15, -0.1) is 0 Å². The number of carboxylic acid groups (broad SMARTS) is 1. The third-order valence-corrected chi connectivity index (χ3v) is 26.3. The number of carboxylic acids is 1. The molecular weight excluding hydrogens is 2030 g/mol. The number of hydrogen-bond acceptors (Lipinski definition) is 26. The maximum atomic E-state index is 14.8. The lowest BCUT2D eigenvalue weighted by atomic mass is 9.80.